The molecule has 3 rings (SSSR count). The highest BCUT2D eigenvalue weighted by molar-refractivity contribution is 6.24. The molecule has 26 heavy (non-hydrogen) atoms. The summed E-state index contributed by atoms with van der Waals surface area (Å²) >= 11 is 6.69. The average molecular weight is 387 g/mol. The molecular weight excluding hydrogens is 348 g/mol. The number of alkyl halides is 1. The van der Waals surface area contributed by atoms with Crippen molar-refractivity contribution in [2.24, 2.45) is 0 Å². The molecule has 0 aromatic carbocycles. The van der Waals surface area contributed by atoms with Crippen LogP contribution in [0.25, 0.3) is 0 Å². The lowest BCUT2D eigenvalue weighted by molar-refractivity contribution is -0.149. The third kappa shape index (κ3) is 7.74. The van der Waals surface area contributed by atoms with Gasteiger partial charge >= 0.3 is 5.97 Å². The molecule has 3 aliphatic heterocycles. The van der Waals surface area contributed by atoms with Crippen LogP contribution in [0.2, 0.25) is 0 Å². The van der Waals surface area contributed by atoms with Gasteiger partial charge in [0.15, 0.2) is 0 Å². The van der Waals surface area contributed by atoms with Gasteiger partial charge in [0, 0.05) is 39.1 Å². The molecule has 0 aromatic rings. The minimum Gasteiger partial charge on any atom is -0.462 e. The number of ether oxygens (including phenoxy) is 1. The second-order valence-electron chi connectivity index (χ2n) is 8.13. The molecule has 0 amide bonds. The number of carbonyl (C=O) groups is 1. The van der Waals surface area contributed by atoms with Gasteiger partial charge in [-0.1, -0.05) is 82.7 Å². The van der Waals surface area contributed by atoms with Crippen LogP contribution in [0.15, 0.2) is 0 Å². The van der Waals surface area contributed by atoms with E-state index in [1.807, 2.05) is 0 Å². The molecule has 4 nitrogen and oxygen atoms in total. The van der Waals surface area contributed by atoms with Gasteiger partial charge < -0.3 is 4.74 Å². The van der Waals surface area contributed by atoms with E-state index in [1.54, 1.807) is 0 Å². The van der Waals surface area contributed by atoms with Gasteiger partial charge in [-0.2, -0.15) is 0 Å². The standard InChI is InChI=1S/C21H39ClN2O2/c1-2-3-4-5-6-7-8-9-10-11-12-13-20(25)26-19-21(22)18-23-14-16-24(21)17-15-23/h2-19H2,1H3. The lowest BCUT2D eigenvalue weighted by atomic mass is 10.1. The molecule has 0 N–H and O–H groups in total. The van der Waals surface area contributed by atoms with Gasteiger partial charge in [-0.15, -0.1) is 0 Å². The maximum atomic E-state index is 12.0. The predicted octanol–water partition coefficient (Wildman–Crippen LogP) is 4.80. The molecule has 152 valence electrons. The van der Waals surface area contributed by atoms with E-state index in [-0.39, 0.29) is 5.97 Å². The van der Waals surface area contributed by atoms with Crippen LogP contribution >= 0.6 is 11.6 Å². The monoisotopic (exact) mass is 386 g/mol. The largest absolute Gasteiger partial charge is 0.462 e. The molecule has 1 atom stereocenters. The Morgan fingerprint density at radius 2 is 1.42 bits per heavy atom. The van der Waals surface area contributed by atoms with Crippen molar-refractivity contribution >= 4 is 17.6 Å². The predicted molar refractivity (Wildman–Crippen MR) is 109 cm³/mol. The third-order valence-corrected chi connectivity index (χ3v) is 6.31. The maximum Gasteiger partial charge on any atom is 0.305 e. The quantitative estimate of drug-likeness (QED) is 0.186. The molecular formula is C21H39ClN2O2. The summed E-state index contributed by atoms with van der Waals surface area (Å²) in [5.74, 6) is -0.0846. The lowest BCUT2D eigenvalue weighted by Gasteiger charge is -2.51. The smallest absolute Gasteiger partial charge is 0.305 e. The summed E-state index contributed by atoms with van der Waals surface area (Å²) < 4.78 is 5.49. The number of hydrogen-bond acceptors (Lipinski definition) is 4. The number of fused-ring (bicyclic) bond motifs is 3. The molecule has 0 aliphatic carbocycles. The van der Waals surface area contributed by atoms with Crippen LogP contribution in [0.3, 0.4) is 0 Å². The first kappa shape index (κ1) is 22.0. The van der Waals surface area contributed by atoms with Crippen molar-refractivity contribution in [3.63, 3.8) is 0 Å². The van der Waals surface area contributed by atoms with Gasteiger partial charge in [0.25, 0.3) is 0 Å². The fourth-order valence-electron chi connectivity index (χ4n) is 4.08. The zero-order valence-corrected chi connectivity index (χ0v) is 17.6. The first-order valence-electron chi connectivity index (χ1n) is 11.0. The van der Waals surface area contributed by atoms with Gasteiger partial charge in [0.1, 0.15) is 11.6 Å². The van der Waals surface area contributed by atoms with E-state index < -0.39 is 5.00 Å². The number of carbonyl (C=O) groups excluding carboxylic acids is 1. The molecule has 1 unspecified atom stereocenters. The first-order valence-corrected chi connectivity index (χ1v) is 11.3. The van der Waals surface area contributed by atoms with Crippen LogP contribution < -0.4 is 0 Å². The van der Waals surface area contributed by atoms with Crippen LogP contribution in [0.5, 0.6) is 0 Å². The van der Waals surface area contributed by atoms with Crippen molar-refractivity contribution in [1.29, 1.82) is 0 Å². The van der Waals surface area contributed by atoms with Gasteiger partial charge in [-0.3, -0.25) is 14.6 Å². The van der Waals surface area contributed by atoms with Crippen molar-refractivity contribution in [2.45, 2.75) is 89.0 Å². The topological polar surface area (TPSA) is 32.8 Å². The number of esters is 1. The maximum absolute atomic E-state index is 12.0. The number of nitrogens with zero attached hydrogens (tertiary/aromatic N) is 2. The molecule has 2 bridgehead atoms. The highest BCUT2D eigenvalue weighted by Crippen LogP contribution is 2.30. The lowest BCUT2D eigenvalue weighted by Crippen LogP contribution is -2.67. The molecule has 0 radical (unpaired) electrons. The van der Waals surface area contributed by atoms with E-state index in [0.29, 0.717) is 13.0 Å². The van der Waals surface area contributed by atoms with Gasteiger partial charge in [-0.05, 0) is 6.42 Å². The van der Waals surface area contributed by atoms with Crippen LogP contribution in [0.1, 0.15) is 84.0 Å². The van der Waals surface area contributed by atoms with E-state index in [4.69, 9.17) is 16.3 Å². The van der Waals surface area contributed by atoms with Crippen molar-refractivity contribution < 1.29 is 9.53 Å². The third-order valence-electron chi connectivity index (χ3n) is 5.84. The van der Waals surface area contributed by atoms with Crippen molar-refractivity contribution in [3.05, 3.63) is 0 Å². The molecule has 3 saturated heterocycles. The van der Waals surface area contributed by atoms with E-state index >= 15 is 0 Å². The Balaban J connectivity index is 1.41. The number of piperazine rings is 3. The summed E-state index contributed by atoms with van der Waals surface area (Å²) in [5, 5.41) is 0. The van der Waals surface area contributed by atoms with Crippen LogP contribution in [0.4, 0.5) is 0 Å². The fraction of sp³-hybridized carbons (Fsp3) is 0.952. The van der Waals surface area contributed by atoms with Gasteiger partial charge in [0.2, 0.25) is 0 Å². The molecule has 5 heteroatoms. The molecule has 0 aromatic heterocycles. The minimum atomic E-state index is -0.497. The van der Waals surface area contributed by atoms with E-state index in [1.165, 1.54) is 57.8 Å². The summed E-state index contributed by atoms with van der Waals surface area (Å²) in [6.07, 6.45) is 14.8. The number of hydrogen-bond donors (Lipinski definition) is 0. The highest BCUT2D eigenvalue weighted by atomic mass is 35.5. The SMILES string of the molecule is CCCCCCCCCCCCCC(=O)OCC1(Cl)CN2CCN1CC2. The van der Waals surface area contributed by atoms with Crippen LogP contribution in [-0.2, 0) is 9.53 Å². The summed E-state index contributed by atoms with van der Waals surface area (Å²) in [7, 11) is 0. The Bertz CT molecular complexity index is 399. The number of rotatable bonds is 14. The summed E-state index contributed by atoms with van der Waals surface area (Å²) in [6, 6.07) is 0. The summed E-state index contributed by atoms with van der Waals surface area (Å²) in [6.45, 7) is 7.53. The summed E-state index contributed by atoms with van der Waals surface area (Å²) in [5.41, 5.74) is 0. The van der Waals surface area contributed by atoms with E-state index in [0.717, 1.165) is 45.6 Å². The van der Waals surface area contributed by atoms with Gasteiger partial charge in [0.05, 0.1) is 0 Å². The summed E-state index contributed by atoms with van der Waals surface area (Å²) in [4.78, 5) is 16.1. The van der Waals surface area contributed by atoms with Crippen molar-refractivity contribution in [1.82, 2.24) is 9.80 Å². The zero-order valence-electron chi connectivity index (χ0n) is 16.8. The van der Waals surface area contributed by atoms with Gasteiger partial charge in [-0.25, -0.2) is 0 Å². The molecule has 3 fully saturated rings. The zero-order chi connectivity index (χ0) is 18.7. The fourth-order valence-corrected chi connectivity index (χ4v) is 4.48. The van der Waals surface area contributed by atoms with E-state index in [9.17, 15) is 4.79 Å². The molecule has 0 spiro atoms. The second kappa shape index (κ2) is 12.2. The van der Waals surface area contributed by atoms with Crippen molar-refractivity contribution in [2.75, 3.05) is 39.3 Å². The Morgan fingerprint density at radius 3 is 1.92 bits per heavy atom. The molecule has 3 aliphatic rings. The minimum absolute atomic E-state index is 0.0846. The first-order chi connectivity index (χ1) is 12.6. The average Bonchev–Trinajstić information content (AvgIpc) is 2.65. The normalized spacial score (nSPS) is 27.6. The Hall–Kier alpha value is -0.320. The Labute approximate surface area is 165 Å². The molecule has 0 saturated carbocycles. The Kier molecular flexibility index (Phi) is 10.3. The van der Waals surface area contributed by atoms with Crippen LogP contribution in [-0.4, -0.2) is 60.1 Å². The number of unbranched alkanes of at least 4 members (excludes halogenated alkanes) is 10. The molecule has 3 heterocycles. The Morgan fingerprint density at radius 1 is 0.885 bits per heavy atom. The number of halogens is 1. The van der Waals surface area contributed by atoms with E-state index in [2.05, 4.69) is 16.7 Å². The van der Waals surface area contributed by atoms with Crippen molar-refractivity contribution in [3.8, 4) is 0 Å². The highest BCUT2D eigenvalue weighted by Gasteiger charge is 2.44. The second-order valence-corrected chi connectivity index (χ2v) is 8.83. The van der Waals surface area contributed by atoms with Crippen LogP contribution in [0, 0.1) is 0 Å².